The fraction of sp³-hybridized carbons (Fsp3) is 0.435. The molecule has 1 heterocycles. The van der Waals surface area contributed by atoms with E-state index in [1.165, 1.54) is 12.4 Å². The van der Waals surface area contributed by atoms with Gasteiger partial charge in [-0.25, -0.2) is 0 Å². The molecule has 0 saturated carbocycles. The van der Waals surface area contributed by atoms with Gasteiger partial charge >= 0.3 is 0 Å². The van der Waals surface area contributed by atoms with Crippen molar-refractivity contribution in [3.63, 3.8) is 0 Å². The van der Waals surface area contributed by atoms with Crippen LogP contribution in [0.2, 0.25) is 0 Å². The highest BCUT2D eigenvalue weighted by Crippen LogP contribution is 2.13. The van der Waals surface area contributed by atoms with Gasteiger partial charge in [-0.3, -0.25) is 14.4 Å². The van der Waals surface area contributed by atoms with Gasteiger partial charge in [0.15, 0.2) is 0 Å². The molecule has 2 amide bonds. The molecule has 1 atom stereocenters. The van der Waals surface area contributed by atoms with Crippen LogP contribution in [0.5, 0.6) is 0 Å². The van der Waals surface area contributed by atoms with Gasteiger partial charge in [-0.05, 0) is 31.2 Å². The van der Waals surface area contributed by atoms with E-state index in [9.17, 15) is 14.4 Å². The van der Waals surface area contributed by atoms with Crippen LogP contribution in [0.25, 0.3) is 0 Å². The average Bonchev–Trinajstić information content (AvgIpc) is 2.66. The van der Waals surface area contributed by atoms with E-state index in [2.05, 4.69) is 10.6 Å². The first-order valence-corrected chi connectivity index (χ1v) is 10.1. The molecular formula is C23H31N3O3. The summed E-state index contributed by atoms with van der Waals surface area (Å²) in [6.45, 7) is 10.7. The highest BCUT2D eigenvalue weighted by Gasteiger charge is 2.20. The Kier molecular flexibility index (Phi) is 7.76. The van der Waals surface area contributed by atoms with Crippen LogP contribution in [0, 0.1) is 5.92 Å². The molecule has 0 radical (unpaired) electrons. The lowest BCUT2D eigenvalue weighted by Crippen LogP contribution is -2.38. The summed E-state index contributed by atoms with van der Waals surface area (Å²) in [6.07, 6.45) is 3.07. The van der Waals surface area contributed by atoms with Crippen molar-refractivity contribution in [2.24, 2.45) is 5.92 Å². The van der Waals surface area contributed by atoms with E-state index in [1.807, 2.05) is 65.0 Å². The van der Waals surface area contributed by atoms with Gasteiger partial charge in [0.25, 0.3) is 11.8 Å². The molecule has 29 heavy (non-hydrogen) atoms. The Morgan fingerprint density at radius 3 is 2.07 bits per heavy atom. The maximum Gasteiger partial charge on any atom is 0.256 e. The van der Waals surface area contributed by atoms with Gasteiger partial charge in [-0.15, -0.1) is 0 Å². The van der Waals surface area contributed by atoms with Crippen molar-refractivity contribution in [3.05, 3.63) is 69.6 Å². The van der Waals surface area contributed by atoms with Crippen molar-refractivity contribution in [2.75, 3.05) is 6.54 Å². The van der Waals surface area contributed by atoms with Gasteiger partial charge in [-0.1, -0.05) is 51.1 Å². The van der Waals surface area contributed by atoms with Gasteiger partial charge in [0.1, 0.15) is 11.1 Å². The minimum absolute atomic E-state index is 0.0110. The summed E-state index contributed by atoms with van der Waals surface area (Å²) in [6, 6.07) is 9.75. The molecule has 0 bridgehead atoms. The van der Waals surface area contributed by atoms with Crippen molar-refractivity contribution in [2.45, 2.75) is 53.1 Å². The monoisotopic (exact) mass is 397 g/mol. The van der Waals surface area contributed by atoms with Crippen LogP contribution < -0.4 is 16.1 Å². The molecule has 0 aliphatic carbocycles. The molecule has 2 N–H and O–H groups in total. The predicted molar refractivity (Wildman–Crippen MR) is 115 cm³/mol. The molecule has 0 spiro atoms. The zero-order chi connectivity index (χ0) is 21.6. The standard InChI is InChI=1S/C23H31N3O3/c1-15(2)12-26-13-19(21(27)20(14-26)23(29)25-16(3)4)22(28)24-11-17(5)18-9-7-6-8-10-18/h6-10,13-17H,11-12H2,1-5H3,(H,24,28)(H,25,29)/t17-/m1/s1. The van der Waals surface area contributed by atoms with Crippen LogP contribution in [0.3, 0.4) is 0 Å². The topological polar surface area (TPSA) is 80.2 Å². The zero-order valence-corrected chi connectivity index (χ0v) is 17.9. The summed E-state index contributed by atoms with van der Waals surface area (Å²) in [5.74, 6) is -0.526. The maximum absolute atomic E-state index is 12.9. The number of nitrogens with one attached hydrogen (secondary N) is 2. The van der Waals surface area contributed by atoms with Gasteiger partial charge in [0, 0.05) is 31.5 Å². The van der Waals surface area contributed by atoms with Gasteiger partial charge in [-0.2, -0.15) is 0 Å². The quantitative estimate of drug-likeness (QED) is 0.718. The van der Waals surface area contributed by atoms with Crippen LogP contribution in [0.1, 0.15) is 66.8 Å². The SMILES string of the molecule is CC(C)Cn1cc(C(=O)NC[C@@H](C)c2ccccc2)c(=O)c(C(=O)NC(C)C)c1. The Hall–Kier alpha value is -2.89. The van der Waals surface area contributed by atoms with Crippen LogP contribution >= 0.6 is 0 Å². The summed E-state index contributed by atoms with van der Waals surface area (Å²) in [5.41, 5.74) is 0.536. The van der Waals surface area contributed by atoms with Crippen molar-refractivity contribution in [3.8, 4) is 0 Å². The Labute approximate surface area is 172 Å². The zero-order valence-electron chi connectivity index (χ0n) is 17.9. The molecule has 0 fully saturated rings. The lowest BCUT2D eigenvalue weighted by Gasteiger charge is -2.16. The lowest BCUT2D eigenvalue weighted by atomic mass is 10.0. The van der Waals surface area contributed by atoms with E-state index >= 15 is 0 Å². The number of nitrogens with zero attached hydrogens (tertiary/aromatic N) is 1. The summed E-state index contributed by atoms with van der Waals surface area (Å²) >= 11 is 0. The van der Waals surface area contributed by atoms with Gasteiger partial charge in [0.05, 0.1) is 0 Å². The van der Waals surface area contributed by atoms with Crippen molar-refractivity contribution < 1.29 is 9.59 Å². The first-order valence-electron chi connectivity index (χ1n) is 10.1. The molecule has 0 unspecified atom stereocenters. The third-order valence-corrected chi connectivity index (χ3v) is 4.50. The third-order valence-electron chi connectivity index (χ3n) is 4.50. The van der Waals surface area contributed by atoms with Gasteiger partial charge in [0.2, 0.25) is 5.43 Å². The molecule has 6 nitrogen and oxygen atoms in total. The largest absolute Gasteiger partial charge is 0.352 e. The number of carbonyl (C=O) groups excluding carboxylic acids is 2. The third kappa shape index (κ3) is 6.31. The Morgan fingerprint density at radius 1 is 0.931 bits per heavy atom. The number of pyridine rings is 1. The number of hydrogen-bond donors (Lipinski definition) is 2. The van der Waals surface area contributed by atoms with Crippen LogP contribution in [-0.2, 0) is 6.54 Å². The van der Waals surface area contributed by atoms with E-state index in [-0.39, 0.29) is 23.1 Å². The molecule has 0 saturated heterocycles. The highest BCUT2D eigenvalue weighted by atomic mass is 16.2. The highest BCUT2D eigenvalue weighted by molar-refractivity contribution is 5.99. The van der Waals surface area contributed by atoms with Crippen molar-refractivity contribution >= 4 is 11.8 Å². The summed E-state index contributed by atoms with van der Waals surface area (Å²) in [5, 5.41) is 5.58. The molecule has 156 valence electrons. The van der Waals surface area contributed by atoms with E-state index in [0.29, 0.717) is 19.0 Å². The number of carbonyl (C=O) groups is 2. The van der Waals surface area contributed by atoms with Crippen LogP contribution in [0.4, 0.5) is 0 Å². The first kappa shape index (κ1) is 22.4. The fourth-order valence-corrected chi connectivity index (χ4v) is 3.06. The molecule has 1 aromatic heterocycles. The average molecular weight is 398 g/mol. The Balaban J connectivity index is 2.28. The van der Waals surface area contributed by atoms with E-state index in [1.54, 1.807) is 4.57 Å². The van der Waals surface area contributed by atoms with E-state index in [0.717, 1.165) is 5.56 Å². The van der Waals surface area contributed by atoms with Crippen molar-refractivity contribution in [1.29, 1.82) is 0 Å². The number of benzene rings is 1. The second kappa shape index (κ2) is 10.0. The summed E-state index contributed by atoms with van der Waals surface area (Å²) in [7, 11) is 0. The Bertz CT molecular complexity index is 901. The fourth-order valence-electron chi connectivity index (χ4n) is 3.06. The molecule has 6 heteroatoms. The number of amides is 2. The number of hydrogen-bond acceptors (Lipinski definition) is 3. The molecule has 0 aliphatic heterocycles. The van der Waals surface area contributed by atoms with Crippen molar-refractivity contribution in [1.82, 2.24) is 15.2 Å². The molecule has 2 rings (SSSR count). The predicted octanol–water partition coefficient (Wildman–Crippen LogP) is 3.18. The van der Waals surface area contributed by atoms with Gasteiger partial charge < -0.3 is 15.2 Å². The maximum atomic E-state index is 12.9. The first-order chi connectivity index (χ1) is 13.7. The number of aromatic nitrogens is 1. The van der Waals surface area contributed by atoms with Crippen LogP contribution in [-0.4, -0.2) is 29.0 Å². The molecule has 1 aromatic carbocycles. The van der Waals surface area contributed by atoms with E-state index < -0.39 is 17.2 Å². The number of rotatable bonds is 8. The molecular weight excluding hydrogens is 366 g/mol. The lowest BCUT2D eigenvalue weighted by molar-refractivity contribution is 0.0941. The summed E-state index contributed by atoms with van der Waals surface area (Å²) < 4.78 is 1.75. The normalized spacial score (nSPS) is 12.1. The molecule has 0 aliphatic rings. The second-order valence-corrected chi connectivity index (χ2v) is 8.16. The van der Waals surface area contributed by atoms with E-state index in [4.69, 9.17) is 0 Å². The minimum Gasteiger partial charge on any atom is -0.352 e. The molecule has 2 aromatic rings. The summed E-state index contributed by atoms with van der Waals surface area (Å²) in [4.78, 5) is 38.1. The second-order valence-electron chi connectivity index (χ2n) is 8.16. The Morgan fingerprint density at radius 2 is 1.52 bits per heavy atom. The van der Waals surface area contributed by atoms with Crippen LogP contribution in [0.15, 0.2) is 47.5 Å². The minimum atomic E-state index is -0.548. The smallest absolute Gasteiger partial charge is 0.256 e.